The number of methoxy groups -OCH3 is 1. The van der Waals surface area contributed by atoms with Gasteiger partial charge in [0.2, 0.25) is 0 Å². The first-order chi connectivity index (χ1) is 8.19. The maximum atomic E-state index is 9.08. The summed E-state index contributed by atoms with van der Waals surface area (Å²) in [6.45, 7) is 5.62. The Hall–Kier alpha value is -1.19. The average Bonchev–Trinajstić information content (AvgIpc) is 2.29. The zero-order chi connectivity index (χ0) is 12.7. The van der Waals surface area contributed by atoms with Crippen LogP contribution in [0.1, 0.15) is 22.3 Å². The van der Waals surface area contributed by atoms with E-state index in [4.69, 9.17) is 9.84 Å². The minimum Gasteiger partial charge on any atom is -0.396 e. The molecule has 1 aromatic carbocycles. The summed E-state index contributed by atoms with van der Waals surface area (Å²) in [7, 11) is 1.67. The van der Waals surface area contributed by atoms with E-state index in [1.165, 1.54) is 16.7 Å². The molecule has 17 heavy (non-hydrogen) atoms. The molecule has 0 amide bonds. The largest absolute Gasteiger partial charge is 0.396 e. The molecule has 0 spiro atoms. The highest BCUT2D eigenvalue weighted by Gasteiger charge is 2.04. The molecule has 3 heteroatoms. The number of benzene rings is 1. The second-order valence-electron chi connectivity index (χ2n) is 4.15. The molecule has 1 aromatic rings. The summed E-state index contributed by atoms with van der Waals surface area (Å²) in [5.74, 6) is 0. The van der Waals surface area contributed by atoms with Crippen molar-refractivity contribution >= 4 is 6.21 Å². The molecule has 0 aliphatic carbocycles. The second kappa shape index (κ2) is 7.20. The number of aryl methyl sites for hydroxylation is 2. The van der Waals surface area contributed by atoms with Crippen molar-refractivity contribution in [1.82, 2.24) is 0 Å². The summed E-state index contributed by atoms with van der Waals surface area (Å²) in [6.07, 6.45) is 2.56. The lowest BCUT2D eigenvalue weighted by atomic mass is 9.97. The van der Waals surface area contributed by atoms with Crippen LogP contribution in [0.4, 0.5) is 0 Å². The number of aliphatic imine (C=N–C) groups is 1. The lowest BCUT2D eigenvalue weighted by Gasteiger charge is -2.10. The number of aliphatic hydroxyl groups excluding tert-OH is 1. The topological polar surface area (TPSA) is 41.8 Å². The van der Waals surface area contributed by atoms with Gasteiger partial charge < -0.3 is 9.84 Å². The van der Waals surface area contributed by atoms with Gasteiger partial charge in [-0.15, -0.1) is 0 Å². The molecule has 0 bridgehead atoms. The number of aliphatic hydroxyl groups is 1. The molecule has 0 aliphatic heterocycles. The second-order valence-corrected chi connectivity index (χ2v) is 4.15. The van der Waals surface area contributed by atoms with E-state index in [9.17, 15) is 0 Å². The number of nitrogens with zero attached hydrogens (tertiary/aromatic N) is 1. The van der Waals surface area contributed by atoms with Crippen LogP contribution in [0.2, 0.25) is 0 Å². The van der Waals surface area contributed by atoms with E-state index in [-0.39, 0.29) is 6.61 Å². The molecule has 1 rings (SSSR count). The Morgan fingerprint density at radius 1 is 1.35 bits per heavy atom. The third kappa shape index (κ3) is 4.29. The summed E-state index contributed by atoms with van der Waals surface area (Å²) in [5.41, 5.74) is 4.72. The molecule has 3 nitrogen and oxygen atoms in total. The minimum absolute atomic E-state index is 0.169. The van der Waals surface area contributed by atoms with Crippen LogP contribution in [0.15, 0.2) is 17.1 Å². The Bertz CT molecular complexity index is 386. The van der Waals surface area contributed by atoms with Gasteiger partial charge in [0.25, 0.3) is 0 Å². The average molecular weight is 235 g/mol. The fraction of sp³-hybridized carbons (Fsp3) is 0.500. The Balaban J connectivity index is 2.91. The van der Waals surface area contributed by atoms with Crippen molar-refractivity contribution in [3.8, 4) is 0 Å². The van der Waals surface area contributed by atoms with Crippen LogP contribution in [0.3, 0.4) is 0 Å². The van der Waals surface area contributed by atoms with Gasteiger partial charge in [0.15, 0.2) is 0 Å². The van der Waals surface area contributed by atoms with Crippen molar-refractivity contribution in [2.45, 2.75) is 20.3 Å². The lowest BCUT2D eigenvalue weighted by molar-refractivity contribution is 0.208. The van der Waals surface area contributed by atoms with Crippen LogP contribution >= 0.6 is 0 Å². The summed E-state index contributed by atoms with van der Waals surface area (Å²) in [4.78, 5) is 4.32. The van der Waals surface area contributed by atoms with Crippen LogP contribution in [0.5, 0.6) is 0 Å². The van der Waals surface area contributed by atoms with Gasteiger partial charge in [0, 0.05) is 19.9 Å². The number of rotatable bonds is 6. The molecule has 0 saturated heterocycles. The number of hydrogen-bond acceptors (Lipinski definition) is 3. The first-order valence-corrected chi connectivity index (χ1v) is 5.88. The first kappa shape index (κ1) is 13.9. The highest BCUT2D eigenvalue weighted by atomic mass is 16.5. The van der Waals surface area contributed by atoms with Gasteiger partial charge in [-0.1, -0.05) is 17.7 Å². The molecule has 0 radical (unpaired) electrons. The predicted octanol–water partition coefficient (Wildman–Crippen LogP) is 1.90. The summed E-state index contributed by atoms with van der Waals surface area (Å²) in [5, 5.41) is 9.08. The molecular formula is C14H21NO2. The van der Waals surface area contributed by atoms with Crippen molar-refractivity contribution in [3.63, 3.8) is 0 Å². The van der Waals surface area contributed by atoms with Crippen molar-refractivity contribution in [2.24, 2.45) is 4.99 Å². The fourth-order valence-corrected chi connectivity index (χ4v) is 1.91. The van der Waals surface area contributed by atoms with Crippen LogP contribution in [0.25, 0.3) is 0 Å². The molecule has 0 heterocycles. The van der Waals surface area contributed by atoms with Gasteiger partial charge in [-0.25, -0.2) is 0 Å². The van der Waals surface area contributed by atoms with Gasteiger partial charge in [0.1, 0.15) is 0 Å². The molecular weight excluding hydrogens is 214 g/mol. The zero-order valence-corrected chi connectivity index (χ0v) is 10.9. The molecule has 0 aromatic heterocycles. The van der Waals surface area contributed by atoms with Crippen molar-refractivity contribution in [2.75, 3.05) is 26.9 Å². The Morgan fingerprint density at radius 3 is 2.76 bits per heavy atom. The molecule has 0 aliphatic rings. The van der Waals surface area contributed by atoms with Crippen LogP contribution in [-0.4, -0.2) is 38.2 Å². The lowest BCUT2D eigenvalue weighted by Crippen LogP contribution is -2.02. The van der Waals surface area contributed by atoms with Gasteiger partial charge in [-0.3, -0.25) is 4.99 Å². The Morgan fingerprint density at radius 2 is 2.12 bits per heavy atom. The van der Waals surface area contributed by atoms with Crippen molar-refractivity contribution < 1.29 is 9.84 Å². The maximum Gasteiger partial charge on any atom is 0.0658 e. The van der Waals surface area contributed by atoms with Crippen molar-refractivity contribution in [3.05, 3.63) is 34.4 Å². The van der Waals surface area contributed by atoms with Gasteiger partial charge >= 0.3 is 0 Å². The first-order valence-electron chi connectivity index (χ1n) is 5.88. The van der Waals surface area contributed by atoms with Gasteiger partial charge in [-0.2, -0.15) is 0 Å². The van der Waals surface area contributed by atoms with Crippen molar-refractivity contribution in [1.29, 1.82) is 0 Å². The predicted molar refractivity (Wildman–Crippen MR) is 71.0 cm³/mol. The molecule has 0 saturated carbocycles. The zero-order valence-electron chi connectivity index (χ0n) is 10.9. The van der Waals surface area contributed by atoms with E-state index in [2.05, 4.69) is 31.0 Å². The summed E-state index contributed by atoms with van der Waals surface area (Å²) >= 11 is 0. The maximum absolute atomic E-state index is 9.08. The summed E-state index contributed by atoms with van der Waals surface area (Å²) in [6, 6.07) is 4.24. The normalized spacial score (nSPS) is 11.3. The molecule has 94 valence electrons. The van der Waals surface area contributed by atoms with E-state index >= 15 is 0 Å². The monoisotopic (exact) mass is 235 g/mol. The van der Waals surface area contributed by atoms with E-state index < -0.39 is 0 Å². The smallest absolute Gasteiger partial charge is 0.0658 e. The molecule has 0 fully saturated rings. The highest BCUT2D eigenvalue weighted by molar-refractivity contribution is 5.82. The molecule has 0 atom stereocenters. The van der Waals surface area contributed by atoms with Crippen LogP contribution < -0.4 is 0 Å². The third-order valence-corrected chi connectivity index (χ3v) is 2.67. The van der Waals surface area contributed by atoms with E-state index in [1.807, 2.05) is 6.21 Å². The SMILES string of the molecule is COCC/N=C\c1cc(C)cc(C)c1CCO. The van der Waals surface area contributed by atoms with Crippen LogP contribution in [-0.2, 0) is 11.2 Å². The van der Waals surface area contributed by atoms with Gasteiger partial charge in [-0.05, 0) is 37.0 Å². The number of ether oxygens (including phenoxy) is 1. The van der Waals surface area contributed by atoms with E-state index in [0.717, 1.165) is 5.56 Å². The number of hydrogen-bond donors (Lipinski definition) is 1. The van der Waals surface area contributed by atoms with E-state index in [0.29, 0.717) is 19.6 Å². The summed E-state index contributed by atoms with van der Waals surface area (Å²) < 4.78 is 4.95. The molecule has 1 N–H and O–H groups in total. The minimum atomic E-state index is 0.169. The van der Waals surface area contributed by atoms with E-state index in [1.54, 1.807) is 7.11 Å². The molecule has 0 unspecified atom stereocenters. The third-order valence-electron chi connectivity index (χ3n) is 2.67. The quantitative estimate of drug-likeness (QED) is 0.604. The fourth-order valence-electron chi connectivity index (χ4n) is 1.91. The highest BCUT2D eigenvalue weighted by Crippen LogP contribution is 2.16. The standard InChI is InChI=1S/C14H21NO2/c1-11-8-12(2)14(4-6-16)13(9-11)10-15-5-7-17-3/h8-10,16H,4-7H2,1-3H3/b15-10-. The van der Waals surface area contributed by atoms with Gasteiger partial charge in [0.05, 0.1) is 13.2 Å². The Labute approximate surface area is 103 Å². The Kier molecular flexibility index (Phi) is 5.87. The van der Waals surface area contributed by atoms with Crippen LogP contribution in [0, 0.1) is 13.8 Å².